The Kier molecular flexibility index (Phi) is 5.42. The number of para-hydroxylation sites is 1. The predicted molar refractivity (Wildman–Crippen MR) is 84.5 cm³/mol. The van der Waals surface area contributed by atoms with Crippen LogP contribution in [0.2, 0.25) is 0 Å². The molecule has 1 N–H and O–H groups in total. The predicted octanol–water partition coefficient (Wildman–Crippen LogP) is 3.46. The number of ether oxygens (including phenoxy) is 1. The number of carbonyl (C=O) groups excluding carboxylic acids is 1. The number of nitrogens with one attached hydrogen (secondary N) is 1. The number of nitrogens with zero attached hydrogens (tertiary/aromatic N) is 1. The minimum Gasteiger partial charge on any atom is -0.494 e. The van der Waals surface area contributed by atoms with E-state index in [-0.39, 0.29) is 25.2 Å². The highest BCUT2D eigenvalue weighted by Crippen LogP contribution is 2.35. The van der Waals surface area contributed by atoms with E-state index in [0.29, 0.717) is 12.4 Å². The van der Waals surface area contributed by atoms with Gasteiger partial charge in [0.25, 0.3) is 0 Å². The molecule has 1 fully saturated rings. The van der Waals surface area contributed by atoms with Gasteiger partial charge in [-0.3, -0.25) is 10.2 Å². The second kappa shape index (κ2) is 7.01. The molecule has 1 aliphatic rings. The summed E-state index contributed by atoms with van der Waals surface area (Å²) >= 11 is 0. The highest BCUT2D eigenvalue weighted by atomic mass is 19.4. The van der Waals surface area contributed by atoms with Gasteiger partial charge in [0, 0.05) is 12.0 Å². The van der Waals surface area contributed by atoms with Gasteiger partial charge in [0.1, 0.15) is 11.8 Å². The van der Waals surface area contributed by atoms with Crippen molar-refractivity contribution in [2.45, 2.75) is 57.8 Å². The molecule has 0 bridgehead atoms. The van der Waals surface area contributed by atoms with Crippen molar-refractivity contribution in [1.82, 2.24) is 10.4 Å². The first-order valence-electron chi connectivity index (χ1n) is 8.01. The molecule has 0 aromatic heterocycles. The van der Waals surface area contributed by atoms with Crippen molar-refractivity contribution in [3.05, 3.63) is 29.8 Å². The van der Waals surface area contributed by atoms with Crippen LogP contribution < -0.4 is 10.2 Å². The number of amides is 1. The molecule has 1 atom stereocenters. The van der Waals surface area contributed by atoms with Crippen molar-refractivity contribution >= 4 is 5.91 Å². The number of alkyl halides is 3. The zero-order valence-corrected chi connectivity index (χ0v) is 14.1. The fourth-order valence-electron chi connectivity index (χ4n) is 3.04. The van der Waals surface area contributed by atoms with Crippen LogP contribution >= 0.6 is 0 Å². The van der Waals surface area contributed by atoms with Gasteiger partial charge < -0.3 is 4.74 Å². The number of hydrogen-bond acceptors (Lipinski definition) is 3. The van der Waals surface area contributed by atoms with Gasteiger partial charge in [0.2, 0.25) is 5.91 Å². The SMILES string of the molecule is CCOc1ccccc1CCC(N1NC(=O)CC1(C)C)C(F)(F)F. The molecule has 7 heteroatoms. The van der Waals surface area contributed by atoms with Crippen LogP contribution in [0.1, 0.15) is 39.2 Å². The molecule has 1 aromatic carbocycles. The van der Waals surface area contributed by atoms with Gasteiger partial charge in [0.15, 0.2) is 0 Å². The Labute approximate surface area is 139 Å². The molecular formula is C17H23F3N2O2. The van der Waals surface area contributed by atoms with Crippen molar-refractivity contribution in [3.63, 3.8) is 0 Å². The van der Waals surface area contributed by atoms with Gasteiger partial charge in [-0.25, -0.2) is 5.01 Å². The molecule has 4 nitrogen and oxygen atoms in total. The third kappa shape index (κ3) is 4.20. The average Bonchev–Trinajstić information content (AvgIpc) is 2.72. The number of aryl methyl sites for hydroxylation is 1. The fraction of sp³-hybridized carbons (Fsp3) is 0.588. The zero-order valence-electron chi connectivity index (χ0n) is 14.1. The maximum atomic E-state index is 13.6. The van der Waals surface area contributed by atoms with E-state index < -0.39 is 17.8 Å². The first-order chi connectivity index (χ1) is 11.1. The van der Waals surface area contributed by atoms with Gasteiger partial charge in [-0.05, 0) is 45.2 Å². The van der Waals surface area contributed by atoms with Gasteiger partial charge in [-0.15, -0.1) is 0 Å². The molecule has 0 aliphatic carbocycles. The van der Waals surface area contributed by atoms with E-state index in [1.165, 1.54) is 0 Å². The molecule has 134 valence electrons. The molecule has 24 heavy (non-hydrogen) atoms. The average molecular weight is 344 g/mol. The summed E-state index contributed by atoms with van der Waals surface area (Å²) in [6.45, 7) is 5.56. The minimum atomic E-state index is -4.44. The number of hydrogen-bond donors (Lipinski definition) is 1. The van der Waals surface area contributed by atoms with Gasteiger partial charge >= 0.3 is 6.18 Å². The Morgan fingerprint density at radius 1 is 1.33 bits per heavy atom. The number of halogens is 3. The summed E-state index contributed by atoms with van der Waals surface area (Å²) < 4.78 is 46.2. The van der Waals surface area contributed by atoms with Crippen molar-refractivity contribution in [3.8, 4) is 5.75 Å². The molecule has 1 heterocycles. The highest BCUT2D eigenvalue weighted by molar-refractivity contribution is 5.78. The topological polar surface area (TPSA) is 41.6 Å². The standard InChI is InChI=1S/C17H23F3N2O2/c1-4-24-13-8-6-5-7-12(13)9-10-14(17(18,19)20)22-16(2,3)11-15(23)21-22/h5-8,14H,4,9-11H2,1-3H3,(H,21,23). The van der Waals surface area contributed by atoms with Crippen LogP contribution in [0.5, 0.6) is 5.75 Å². The van der Waals surface area contributed by atoms with Crippen LogP contribution in [0, 0.1) is 0 Å². The molecule has 1 saturated heterocycles. The molecular weight excluding hydrogens is 321 g/mol. The summed E-state index contributed by atoms with van der Waals surface area (Å²) in [5, 5.41) is 1.05. The summed E-state index contributed by atoms with van der Waals surface area (Å²) in [5.41, 5.74) is 2.22. The lowest BCUT2D eigenvalue weighted by Crippen LogP contribution is -2.56. The van der Waals surface area contributed by atoms with Crippen molar-refractivity contribution in [2.24, 2.45) is 0 Å². The van der Waals surface area contributed by atoms with Crippen LogP contribution in [-0.4, -0.2) is 35.3 Å². The molecule has 2 rings (SSSR count). The Balaban J connectivity index is 2.18. The van der Waals surface area contributed by atoms with E-state index in [9.17, 15) is 18.0 Å². The van der Waals surface area contributed by atoms with Crippen molar-refractivity contribution in [2.75, 3.05) is 6.61 Å². The second-order valence-electron chi connectivity index (χ2n) is 6.53. The molecule has 0 saturated carbocycles. The van der Waals surface area contributed by atoms with E-state index in [2.05, 4.69) is 5.43 Å². The van der Waals surface area contributed by atoms with Crippen LogP contribution in [0.15, 0.2) is 24.3 Å². The number of benzene rings is 1. The van der Waals surface area contributed by atoms with Crippen LogP contribution in [0.3, 0.4) is 0 Å². The number of hydrazine groups is 1. The van der Waals surface area contributed by atoms with E-state index in [1.54, 1.807) is 38.1 Å². The molecule has 1 aliphatic heterocycles. The van der Waals surface area contributed by atoms with Gasteiger partial charge in [-0.1, -0.05) is 18.2 Å². The first kappa shape index (κ1) is 18.6. The quantitative estimate of drug-likeness (QED) is 0.859. The first-order valence-corrected chi connectivity index (χ1v) is 8.01. The zero-order chi connectivity index (χ0) is 18.0. The molecule has 1 unspecified atom stereocenters. The minimum absolute atomic E-state index is 0.0507. The number of carbonyl (C=O) groups is 1. The lowest BCUT2D eigenvalue weighted by molar-refractivity contribution is -0.202. The lowest BCUT2D eigenvalue weighted by Gasteiger charge is -2.37. The Hall–Kier alpha value is -1.76. The van der Waals surface area contributed by atoms with Crippen molar-refractivity contribution in [1.29, 1.82) is 0 Å². The maximum Gasteiger partial charge on any atom is 0.405 e. The van der Waals surface area contributed by atoms with Crippen molar-refractivity contribution < 1.29 is 22.7 Å². The Bertz CT molecular complexity index is 587. The highest BCUT2D eigenvalue weighted by Gasteiger charge is 2.51. The Morgan fingerprint density at radius 3 is 2.54 bits per heavy atom. The summed E-state index contributed by atoms with van der Waals surface area (Å²) in [7, 11) is 0. The van der Waals surface area contributed by atoms with E-state index in [4.69, 9.17) is 4.74 Å². The lowest BCUT2D eigenvalue weighted by atomic mass is 9.97. The Morgan fingerprint density at radius 2 is 2.00 bits per heavy atom. The normalized spacial score (nSPS) is 19.2. The van der Waals surface area contributed by atoms with Crippen LogP contribution in [-0.2, 0) is 11.2 Å². The van der Waals surface area contributed by atoms with E-state index in [0.717, 1.165) is 10.6 Å². The molecule has 0 spiro atoms. The van der Waals surface area contributed by atoms with Crippen LogP contribution in [0.25, 0.3) is 0 Å². The third-order valence-electron chi connectivity index (χ3n) is 4.14. The maximum absolute atomic E-state index is 13.6. The summed E-state index contributed by atoms with van der Waals surface area (Å²) in [5.74, 6) is 0.217. The largest absolute Gasteiger partial charge is 0.494 e. The monoisotopic (exact) mass is 344 g/mol. The summed E-state index contributed by atoms with van der Waals surface area (Å²) in [6, 6.07) is 5.35. The molecule has 1 amide bonds. The van der Waals surface area contributed by atoms with E-state index >= 15 is 0 Å². The smallest absolute Gasteiger partial charge is 0.405 e. The van der Waals surface area contributed by atoms with E-state index in [1.807, 2.05) is 6.92 Å². The third-order valence-corrected chi connectivity index (χ3v) is 4.14. The summed E-state index contributed by atoms with van der Waals surface area (Å²) in [4.78, 5) is 11.6. The van der Waals surface area contributed by atoms with Gasteiger partial charge in [0.05, 0.1) is 6.61 Å². The molecule has 1 aromatic rings. The molecule has 0 radical (unpaired) electrons. The fourth-order valence-corrected chi connectivity index (χ4v) is 3.04. The number of rotatable bonds is 6. The van der Waals surface area contributed by atoms with Gasteiger partial charge in [-0.2, -0.15) is 13.2 Å². The summed E-state index contributed by atoms with van der Waals surface area (Å²) in [6.07, 6.45) is -4.33. The second-order valence-corrected chi connectivity index (χ2v) is 6.53. The van der Waals surface area contributed by atoms with Crippen LogP contribution in [0.4, 0.5) is 13.2 Å².